The SMILES string of the molecule is CS(=O)(=O)NCC1CCCC1NC(=O)Cn1c(-c2cscn2)nc2ccccc21. The number of fused-ring (bicyclic) bond motifs is 1. The first kappa shape index (κ1) is 20.0. The molecule has 1 aromatic carbocycles. The Kier molecular flexibility index (Phi) is 5.66. The van der Waals surface area contributed by atoms with Crippen molar-refractivity contribution in [3.8, 4) is 11.5 Å². The van der Waals surface area contributed by atoms with Crippen molar-refractivity contribution in [1.82, 2.24) is 24.6 Å². The standard InChI is InChI=1S/C19H23N5O3S2/c1-29(26,27)21-9-13-5-4-7-14(13)22-18(25)10-24-17-8-3-2-6-15(17)23-19(24)16-11-28-12-20-16/h2-3,6,8,11-14,21H,4-5,7,9-10H2,1H3,(H,22,25). The van der Waals surface area contributed by atoms with E-state index in [1.165, 1.54) is 11.3 Å². The Balaban J connectivity index is 1.51. The molecule has 2 N–H and O–H groups in total. The molecule has 10 heteroatoms. The molecule has 8 nitrogen and oxygen atoms in total. The van der Waals surface area contributed by atoms with Crippen LogP contribution in [0.3, 0.4) is 0 Å². The van der Waals surface area contributed by atoms with Crippen LogP contribution in [0.15, 0.2) is 35.2 Å². The predicted molar refractivity (Wildman–Crippen MR) is 113 cm³/mol. The average Bonchev–Trinajstić information content (AvgIpc) is 3.40. The van der Waals surface area contributed by atoms with Crippen LogP contribution in [0.1, 0.15) is 19.3 Å². The molecule has 2 heterocycles. The van der Waals surface area contributed by atoms with Crippen molar-refractivity contribution in [3.63, 3.8) is 0 Å². The van der Waals surface area contributed by atoms with Crippen LogP contribution in [0.4, 0.5) is 0 Å². The number of hydrogen-bond acceptors (Lipinski definition) is 6. The van der Waals surface area contributed by atoms with Gasteiger partial charge in [0.1, 0.15) is 12.2 Å². The van der Waals surface area contributed by atoms with E-state index in [0.717, 1.165) is 42.2 Å². The Labute approximate surface area is 173 Å². The van der Waals surface area contributed by atoms with Crippen LogP contribution < -0.4 is 10.0 Å². The topological polar surface area (TPSA) is 106 Å². The van der Waals surface area contributed by atoms with E-state index in [2.05, 4.69) is 20.0 Å². The van der Waals surface area contributed by atoms with Gasteiger partial charge in [-0.1, -0.05) is 18.6 Å². The van der Waals surface area contributed by atoms with Crippen molar-refractivity contribution >= 4 is 38.3 Å². The maximum Gasteiger partial charge on any atom is 0.240 e. The van der Waals surface area contributed by atoms with E-state index >= 15 is 0 Å². The van der Waals surface area contributed by atoms with Crippen LogP contribution in [0.25, 0.3) is 22.6 Å². The summed E-state index contributed by atoms with van der Waals surface area (Å²) in [5.41, 5.74) is 4.19. The number of carbonyl (C=O) groups excluding carboxylic acids is 1. The summed E-state index contributed by atoms with van der Waals surface area (Å²) >= 11 is 1.48. The number of thiazole rings is 1. The fourth-order valence-electron chi connectivity index (χ4n) is 3.88. The Morgan fingerprint density at radius 3 is 2.90 bits per heavy atom. The molecular weight excluding hydrogens is 410 g/mol. The smallest absolute Gasteiger partial charge is 0.240 e. The molecule has 1 aliphatic rings. The molecule has 2 aromatic heterocycles. The maximum absolute atomic E-state index is 12.9. The zero-order valence-electron chi connectivity index (χ0n) is 16.0. The normalized spacial score (nSPS) is 19.6. The van der Waals surface area contributed by atoms with Gasteiger partial charge in [-0.2, -0.15) is 0 Å². The number of sulfonamides is 1. The van der Waals surface area contributed by atoms with Gasteiger partial charge in [-0.3, -0.25) is 4.79 Å². The Morgan fingerprint density at radius 2 is 2.14 bits per heavy atom. The number of benzene rings is 1. The monoisotopic (exact) mass is 433 g/mol. The van der Waals surface area contributed by atoms with Gasteiger partial charge in [-0.15, -0.1) is 11.3 Å². The van der Waals surface area contributed by atoms with E-state index in [-0.39, 0.29) is 24.4 Å². The lowest BCUT2D eigenvalue weighted by Crippen LogP contribution is -2.43. The molecule has 1 fully saturated rings. The van der Waals surface area contributed by atoms with Crippen molar-refractivity contribution in [2.75, 3.05) is 12.8 Å². The zero-order valence-corrected chi connectivity index (χ0v) is 17.7. The fraction of sp³-hybridized carbons (Fsp3) is 0.421. The fourth-order valence-corrected chi connectivity index (χ4v) is 4.93. The summed E-state index contributed by atoms with van der Waals surface area (Å²) in [5, 5.41) is 5.02. The molecule has 29 heavy (non-hydrogen) atoms. The number of hydrogen-bond donors (Lipinski definition) is 2. The highest BCUT2D eigenvalue weighted by molar-refractivity contribution is 7.88. The third-order valence-electron chi connectivity index (χ3n) is 5.23. The molecule has 0 saturated heterocycles. The third kappa shape index (κ3) is 4.65. The Bertz CT molecular complexity index is 1110. The second-order valence-electron chi connectivity index (χ2n) is 7.37. The third-order valence-corrected chi connectivity index (χ3v) is 6.51. The maximum atomic E-state index is 12.9. The van der Waals surface area contributed by atoms with Gasteiger partial charge < -0.3 is 9.88 Å². The number of para-hydroxylation sites is 2. The summed E-state index contributed by atoms with van der Waals surface area (Å²) in [4.78, 5) is 21.9. The highest BCUT2D eigenvalue weighted by Crippen LogP contribution is 2.27. The number of aromatic nitrogens is 3. The molecule has 0 aliphatic heterocycles. The molecule has 154 valence electrons. The summed E-state index contributed by atoms with van der Waals surface area (Å²) in [6.07, 6.45) is 3.87. The quantitative estimate of drug-likeness (QED) is 0.593. The van der Waals surface area contributed by atoms with Gasteiger partial charge in [-0.05, 0) is 30.9 Å². The van der Waals surface area contributed by atoms with Gasteiger partial charge >= 0.3 is 0 Å². The summed E-state index contributed by atoms with van der Waals surface area (Å²) < 4.78 is 27.2. The lowest BCUT2D eigenvalue weighted by atomic mass is 10.0. The van der Waals surface area contributed by atoms with E-state index in [9.17, 15) is 13.2 Å². The molecule has 0 spiro atoms. The van der Waals surface area contributed by atoms with E-state index in [0.29, 0.717) is 12.4 Å². The minimum atomic E-state index is -3.24. The first-order valence-electron chi connectivity index (χ1n) is 9.48. The number of amides is 1. The first-order valence-corrected chi connectivity index (χ1v) is 12.3. The molecule has 3 aromatic rings. The lowest BCUT2D eigenvalue weighted by molar-refractivity contribution is -0.122. The molecule has 1 saturated carbocycles. The van der Waals surface area contributed by atoms with Crippen molar-refractivity contribution in [3.05, 3.63) is 35.2 Å². The number of carbonyl (C=O) groups is 1. The van der Waals surface area contributed by atoms with Crippen LogP contribution in [0.2, 0.25) is 0 Å². The van der Waals surface area contributed by atoms with Crippen molar-refractivity contribution in [1.29, 1.82) is 0 Å². The lowest BCUT2D eigenvalue weighted by Gasteiger charge is -2.21. The first-order chi connectivity index (χ1) is 13.9. The van der Waals surface area contributed by atoms with Crippen LogP contribution in [0.5, 0.6) is 0 Å². The molecule has 0 bridgehead atoms. The van der Waals surface area contributed by atoms with Crippen molar-refractivity contribution in [2.24, 2.45) is 5.92 Å². The van der Waals surface area contributed by atoms with E-state index in [1.54, 1.807) is 5.51 Å². The van der Waals surface area contributed by atoms with Crippen LogP contribution in [-0.4, -0.2) is 47.7 Å². The van der Waals surface area contributed by atoms with Gasteiger partial charge in [0.2, 0.25) is 15.9 Å². The van der Waals surface area contributed by atoms with Gasteiger partial charge in [0.05, 0.1) is 22.8 Å². The van der Waals surface area contributed by atoms with Gasteiger partial charge in [0.15, 0.2) is 5.82 Å². The van der Waals surface area contributed by atoms with Crippen LogP contribution >= 0.6 is 11.3 Å². The van der Waals surface area contributed by atoms with Gasteiger partial charge in [0.25, 0.3) is 0 Å². The molecule has 2 atom stereocenters. The minimum Gasteiger partial charge on any atom is -0.351 e. The van der Waals surface area contributed by atoms with Crippen LogP contribution in [0, 0.1) is 5.92 Å². The molecule has 4 rings (SSSR count). The molecular formula is C19H23N5O3S2. The van der Waals surface area contributed by atoms with Gasteiger partial charge in [-0.25, -0.2) is 23.1 Å². The number of nitrogens with one attached hydrogen (secondary N) is 2. The number of nitrogens with zero attached hydrogens (tertiary/aromatic N) is 3. The highest BCUT2D eigenvalue weighted by atomic mass is 32.2. The summed E-state index contributed by atoms with van der Waals surface area (Å²) in [5.74, 6) is 0.663. The second kappa shape index (κ2) is 8.21. The van der Waals surface area contributed by atoms with Crippen molar-refractivity contribution in [2.45, 2.75) is 31.8 Å². The largest absolute Gasteiger partial charge is 0.351 e. The number of imidazole rings is 1. The number of rotatable bonds is 7. The molecule has 0 radical (unpaired) electrons. The van der Waals surface area contributed by atoms with E-state index in [1.807, 2.05) is 34.2 Å². The van der Waals surface area contributed by atoms with Gasteiger partial charge in [0, 0.05) is 18.0 Å². The second-order valence-corrected chi connectivity index (χ2v) is 9.92. The molecule has 2 unspecified atom stereocenters. The highest BCUT2D eigenvalue weighted by Gasteiger charge is 2.29. The molecule has 1 aliphatic carbocycles. The average molecular weight is 434 g/mol. The Morgan fingerprint density at radius 1 is 1.31 bits per heavy atom. The molecule has 1 amide bonds. The zero-order chi connectivity index (χ0) is 20.4. The summed E-state index contributed by atoms with van der Waals surface area (Å²) in [6, 6.07) is 7.67. The Hall–Kier alpha value is -2.30. The minimum absolute atomic E-state index is 0.0331. The van der Waals surface area contributed by atoms with Crippen LogP contribution in [-0.2, 0) is 21.4 Å². The van der Waals surface area contributed by atoms with E-state index in [4.69, 9.17) is 0 Å². The predicted octanol–water partition coefficient (Wildman–Crippen LogP) is 1.99. The summed E-state index contributed by atoms with van der Waals surface area (Å²) in [6.45, 7) is 0.484. The summed E-state index contributed by atoms with van der Waals surface area (Å²) in [7, 11) is -3.24. The van der Waals surface area contributed by atoms with E-state index < -0.39 is 10.0 Å². The van der Waals surface area contributed by atoms with Crippen molar-refractivity contribution < 1.29 is 13.2 Å².